The van der Waals surface area contributed by atoms with Crippen LogP contribution >= 0.6 is 0 Å². The van der Waals surface area contributed by atoms with E-state index in [0.29, 0.717) is 11.7 Å². The van der Waals surface area contributed by atoms with Gasteiger partial charge in [0.15, 0.2) is 5.82 Å². The van der Waals surface area contributed by atoms with E-state index in [4.69, 9.17) is 9.72 Å². The lowest BCUT2D eigenvalue weighted by Gasteiger charge is -2.34. The minimum Gasteiger partial charge on any atom is -0.381 e. The third-order valence-corrected chi connectivity index (χ3v) is 4.63. The van der Waals surface area contributed by atoms with Gasteiger partial charge in [-0.3, -0.25) is 4.98 Å². The Bertz CT molecular complexity index is 675. The largest absolute Gasteiger partial charge is 0.381 e. The molecule has 0 bridgehead atoms. The van der Waals surface area contributed by atoms with Crippen LogP contribution < -0.4 is 4.90 Å². The summed E-state index contributed by atoms with van der Waals surface area (Å²) in [6, 6.07) is 5.84. The second kappa shape index (κ2) is 7.71. The van der Waals surface area contributed by atoms with Crippen LogP contribution in [0.15, 0.2) is 24.4 Å². The molecule has 0 aromatic carbocycles. The molecule has 1 unspecified atom stereocenters. The van der Waals surface area contributed by atoms with Crippen LogP contribution in [-0.4, -0.2) is 41.3 Å². The molecule has 1 aliphatic rings. The first-order chi connectivity index (χ1) is 11.7. The molecule has 1 aliphatic heterocycles. The molecule has 0 amide bonds. The molecule has 5 heteroatoms. The third-order valence-electron chi connectivity index (χ3n) is 4.63. The standard InChI is InChI=1S/C19H26N4O/c1-4-24-13-16-8-7-11-23(12-16)19-14(2)15(3)21-18(22-19)17-9-5-6-10-20-17/h5-6,9-10,16H,4,7-8,11-13H2,1-3H3. The fourth-order valence-corrected chi connectivity index (χ4v) is 3.21. The van der Waals surface area contributed by atoms with Gasteiger partial charge in [0.05, 0.1) is 6.61 Å². The minimum absolute atomic E-state index is 0.576. The van der Waals surface area contributed by atoms with E-state index in [9.17, 15) is 0 Å². The predicted octanol–water partition coefficient (Wildman–Crippen LogP) is 3.41. The van der Waals surface area contributed by atoms with Gasteiger partial charge >= 0.3 is 0 Å². The summed E-state index contributed by atoms with van der Waals surface area (Å²) in [6.07, 6.45) is 4.19. The van der Waals surface area contributed by atoms with Crippen LogP contribution in [0.1, 0.15) is 31.0 Å². The Labute approximate surface area is 144 Å². The monoisotopic (exact) mass is 326 g/mol. The minimum atomic E-state index is 0.576. The number of aryl methyl sites for hydroxylation is 1. The van der Waals surface area contributed by atoms with Gasteiger partial charge < -0.3 is 9.64 Å². The Hall–Kier alpha value is -2.01. The molecule has 5 nitrogen and oxygen atoms in total. The van der Waals surface area contributed by atoms with Crippen LogP contribution in [0, 0.1) is 19.8 Å². The Balaban J connectivity index is 1.88. The summed E-state index contributed by atoms with van der Waals surface area (Å²) in [5.41, 5.74) is 3.00. The van der Waals surface area contributed by atoms with E-state index >= 15 is 0 Å². The van der Waals surface area contributed by atoms with Crippen molar-refractivity contribution in [1.82, 2.24) is 15.0 Å². The Kier molecular flexibility index (Phi) is 5.41. The van der Waals surface area contributed by atoms with Crippen LogP contribution in [0.5, 0.6) is 0 Å². The number of pyridine rings is 1. The molecular weight excluding hydrogens is 300 g/mol. The molecule has 1 fully saturated rings. The molecule has 1 saturated heterocycles. The smallest absolute Gasteiger partial charge is 0.180 e. The van der Waals surface area contributed by atoms with Gasteiger partial charge in [-0.05, 0) is 51.7 Å². The molecule has 0 aliphatic carbocycles. The quantitative estimate of drug-likeness (QED) is 0.843. The second-order valence-corrected chi connectivity index (χ2v) is 6.41. The Morgan fingerprint density at radius 1 is 1.25 bits per heavy atom. The highest BCUT2D eigenvalue weighted by atomic mass is 16.5. The molecule has 128 valence electrons. The lowest BCUT2D eigenvalue weighted by Crippen LogP contribution is -2.38. The van der Waals surface area contributed by atoms with Crippen molar-refractivity contribution in [1.29, 1.82) is 0 Å². The van der Waals surface area contributed by atoms with Crippen molar-refractivity contribution in [3.05, 3.63) is 35.7 Å². The van der Waals surface area contributed by atoms with Gasteiger partial charge in [0.25, 0.3) is 0 Å². The molecule has 2 aromatic heterocycles. The average molecular weight is 326 g/mol. The first-order valence-electron chi connectivity index (χ1n) is 8.78. The van der Waals surface area contributed by atoms with Crippen LogP contribution in [0.3, 0.4) is 0 Å². The summed E-state index contributed by atoms with van der Waals surface area (Å²) < 4.78 is 5.63. The van der Waals surface area contributed by atoms with E-state index in [2.05, 4.69) is 35.6 Å². The number of nitrogens with zero attached hydrogens (tertiary/aromatic N) is 4. The molecule has 0 spiro atoms. The zero-order chi connectivity index (χ0) is 16.9. The summed E-state index contributed by atoms with van der Waals surface area (Å²) in [4.78, 5) is 16.3. The van der Waals surface area contributed by atoms with Crippen molar-refractivity contribution in [2.24, 2.45) is 5.92 Å². The maximum Gasteiger partial charge on any atom is 0.180 e. The maximum absolute atomic E-state index is 5.63. The van der Waals surface area contributed by atoms with E-state index in [1.54, 1.807) is 6.20 Å². The summed E-state index contributed by atoms with van der Waals surface area (Å²) in [5, 5.41) is 0. The van der Waals surface area contributed by atoms with E-state index in [-0.39, 0.29) is 0 Å². The fraction of sp³-hybridized carbons (Fsp3) is 0.526. The Morgan fingerprint density at radius 2 is 2.12 bits per heavy atom. The van der Waals surface area contributed by atoms with Crippen LogP contribution in [0.25, 0.3) is 11.5 Å². The van der Waals surface area contributed by atoms with E-state index in [1.807, 2.05) is 18.2 Å². The third kappa shape index (κ3) is 3.73. The molecule has 2 aromatic rings. The number of ether oxygens (including phenoxy) is 1. The van der Waals surface area contributed by atoms with Gasteiger partial charge in [-0.25, -0.2) is 9.97 Å². The molecule has 1 atom stereocenters. The van der Waals surface area contributed by atoms with Gasteiger partial charge in [-0.2, -0.15) is 0 Å². The molecule has 3 heterocycles. The summed E-state index contributed by atoms with van der Waals surface area (Å²) >= 11 is 0. The predicted molar refractivity (Wildman–Crippen MR) is 96.2 cm³/mol. The van der Waals surface area contributed by atoms with Crippen molar-refractivity contribution in [2.75, 3.05) is 31.2 Å². The van der Waals surface area contributed by atoms with Crippen LogP contribution in [0.4, 0.5) is 5.82 Å². The highest BCUT2D eigenvalue weighted by Crippen LogP contribution is 2.27. The number of rotatable bonds is 5. The van der Waals surface area contributed by atoms with Gasteiger partial charge in [0, 0.05) is 37.2 Å². The topological polar surface area (TPSA) is 51.1 Å². The SMILES string of the molecule is CCOCC1CCCN(c2nc(-c3ccccn3)nc(C)c2C)C1. The lowest BCUT2D eigenvalue weighted by atomic mass is 9.98. The number of piperidine rings is 1. The van der Waals surface area contributed by atoms with Gasteiger partial charge in [-0.15, -0.1) is 0 Å². The lowest BCUT2D eigenvalue weighted by molar-refractivity contribution is 0.104. The first-order valence-corrected chi connectivity index (χ1v) is 8.78. The van der Waals surface area contributed by atoms with Crippen molar-refractivity contribution >= 4 is 5.82 Å². The number of anilines is 1. The zero-order valence-corrected chi connectivity index (χ0v) is 14.8. The summed E-state index contributed by atoms with van der Waals surface area (Å²) in [6.45, 7) is 9.88. The Morgan fingerprint density at radius 3 is 2.88 bits per heavy atom. The van der Waals surface area contributed by atoms with Crippen LogP contribution in [0.2, 0.25) is 0 Å². The van der Waals surface area contributed by atoms with Crippen LogP contribution in [-0.2, 0) is 4.74 Å². The van der Waals surface area contributed by atoms with Crippen molar-refractivity contribution < 1.29 is 4.74 Å². The maximum atomic E-state index is 5.63. The molecule has 0 saturated carbocycles. The second-order valence-electron chi connectivity index (χ2n) is 6.41. The number of hydrogen-bond acceptors (Lipinski definition) is 5. The van der Waals surface area contributed by atoms with Crippen molar-refractivity contribution in [3.8, 4) is 11.5 Å². The molecule has 0 radical (unpaired) electrons. The summed E-state index contributed by atoms with van der Waals surface area (Å²) in [5.74, 6) is 2.33. The van der Waals surface area contributed by atoms with E-state index < -0.39 is 0 Å². The summed E-state index contributed by atoms with van der Waals surface area (Å²) in [7, 11) is 0. The van der Waals surface area contributed by atoms with Gasteiger partial charge in [-0.1, -0.05) is 6.07 Å². The molecule has 3 rings (SSSR count). The number of aromatic nitrogens is 3. The first kappa shape index (κ1) is 16.8. The molecule has 24 heavy (non-hydrogen) atoms. The van der Waals surface area contributed by atoms with E-state index in [0.717, 1.165) is 49.1 Å². The van der Waals surface area contributed by atoms with E-state index in [1.165, 1.54) is 12.8 Å². The normalized spacial score (nSPS) is 18.0. The average Bonchev–Trinajstić information content (AvgIpc) is 2.63. The number of hydrogen-bond donors (Lipinski definition) is 0. The van der Waals surface area contributed by atoms with Gasteiger partial charge in [0.2, 0.25) is 0 Å². The molecule has 0 N–H and O–H groups in total. The van der Waals surface area contributed by atoms with Gasteiger partial charge in [0.1, 0.15) is 11.5 Å². The highest BCUT2D eigenvalue weighted by Gasteiger charge is 2.23. The fourth-order valence-electron chi connectivity index (χ4n) is 3.21. The zero-order valence-electron chi connectivity index (χ0n) is 14.8. The molecular formula is C19H26N4O. The van der Waals surface area contributed by atoms with Crippen molar-refractivity contribution in [2.45, 2.75) is 33.6 Å². The highest BCUT2D eigenvalue weighted by molar-refractivity contribution is 5.57. The van der Waals surface area contributed by atoms with Crippen molar-refractivity contribution in [3.63, 3.8) is 0 Å².